The van der Waals surface area contributed by atoms with Crippen LogP contribution < -0.4 is 5.32 Å². The molecule has 0 saturated carbocycles. The predicted octanol–water partition coefficient (Wildman–Crippen LogP) is 5.83. The minimum absolute atomic E-state index is 0.0725. The van der Waals surface area contributed by atoms with Crippen LogP contribution in [0.15, 0.2) is 47.6 Å². The molecule has 0 bridgehead atoms. The van der Waals surface area contributed by atoms with Gasteiger partial charge in [-0.3, -0.25) is 5.21 Å². The first kappa shape index (κ1) is 22.8. The summed E-state index contributed by atoms with van der Waals surface area (Å²) in [6.07, 6.45) is 0.248. The third-order valence-electron chi connectivity index (χ3n) is 4.22. The number of benzene rings is 2. The van der Waals surface area contributed by atoms with Crippen LogP contribution in [0, 0.1) is 5.82 Å². The van der Waals surface area contributed by atoms with Gasteiger partial charge in [0.25, 0.3) is 0 Å². The fourth-order valence-electron chi connectivity index (χ4n) is 2.84. The number of thioether (sulfide) groups is 1. The molecule has 158 valence electrons. The van der Waals surface area contributed by atoms with Crippen molar-refractivity contribution in [2.24, 2.45) is 5.10 Å². The maximum atomic E-state index is 14.1. The second kappa shape index (κ2) is 9.07. The summed E-state index contributed by atoms with van der Waals surface area (Å²) < 4.78 is 13.7. The van der Waals surface area contributed by atoms with Gasteiger partial charge in [-0.15, -0.1) is 0 Å². The van der Waals surface area contributed by atoms with Crippen molar-refractivity contribution in [1.82, 2.24) is 10.1 Å². The normalized spacial score (nSPS) is 18.1. The summed E-state index contributed by atoms with van der Waals surface area (Å²) in [5.74, 6) is -0.556. The second-order valence-electron chi connectivity index (χ2n) is 6.85. The van der Waals surface area contributed by atoms with Crippen molar-refractivity contribution in [2.45, 2.75) is 24.8 Å². The molecule has 0 aliphatic carbocycles. The number of hydrogen-bond acceptors (Lipinski definition) is 5. The number of carbonyl (C=O) groups is 1. The summed E-state index contributed by atoms with van der Waals surface area (Å²) in [4.78, 5) is 12.6. The van der Waals surface area contributed by atoms with Crippen molar-refractivity contribution in [3.8, 4) is 0 Å². The number of halogens is 3. The van der Waals surface area contributed by atoms with Crippen molar-refractivity contribution in [1.29, 1.82) is 0 Å². The smallest absolute Gasteiger partial charge is 0.306 e. The van der Waals surface area contributed by atoms with Gasteiger partial charge in [-0.2, -0.15) is 10.2 Å². The Balaban J connectivity index is 1.86. The minimum Gasteiger partial charge on any atom is -0.306 e. The van der Waals surface area contributed by atoms with Gasteiger partial charge in [0.2, 0.25) is 0 Å². The van der Waals surface area contributed by atoms with Crippen LogP contribution in [-0.4, -0.2) is 42.8 Å². The van der Waals surface area contributed by atoms with Crippen LogP contribution in [0.25, 0.3) is 0 Å². The number of urea groups is 1. The number of nitrogens with one attached hydrogen (secondary N) is 1. The van der Waals surface area contributed by atoms with Crippen molar-refractivity contribution in [3.05, 3.63) is 63.9 Å². The number of amides is 2. The molecular weight excluding hydrogens is 470 g/mol. The van der Waals surface area contributed by atoms with Crippen LogP contribution in [0.1, 0.15) is 19.4 Å². The largest absolute Gasteiger partial charge is 0.347 e. The van der Waals surface area contributed by atoms with Gasteiger partial charge in [-0.1, -0.05) is 59.3 Å². The molecule has 1 saturated heterocycles. The van der Waals surface area contributed by atoms with Crippen LogP contribution >= 0.6 is 47.2 Å². The molecule has 30 heavy (non-hydrogen) atoms. The molecule has 2 aromatic carbocycles. The highest BCUT2D eigenvalue weighted by Gasteiger charge is 2.50. The summed E-state index contributed by atoms with van der Waals surface area (Å²) in [5, 5.41) is 19.9. The number of hydrazone groups is 1. The second-order valence-corrected chi connectivity index (χ2v) is 9.99. The van der Waals surface area contributed by atoms with E-state index < -0.39 is 22.8 Å². The highest BCUT2D eigenvalue weighted by molar-refractivity contribution is 8.24. The average molecular weight is 487 g/mol. The van der Waals surface area contributed by atoms with E-state index >= 15 is 0 Å². The summed E-state index contributed by atoms with van der Waals surface area (Å²) in [6.45, 7) is 3.60. The van der Waals surface area contributed by atoms with Crippen LogP contribution in [0.2, 0.25) is 10.0 Å². The van der Waals surface area contributed by atoms with Crippen molar-refractivity contribution >= 4 is 69.4 Å². The van der Waals surface area contributed by atoms with Crippen molar-refractivity contribution in [3.63, 3.8) is 0 Å². The standard InChI is InChI=1S/C19H17Cl2FN4O2S2/c1-19(2)16(26(28)17(27)24-12-6-3-5-11(20)9-12)25(18(29)30-19)23-10-13-14(21)7-4-8-15(13)22/h3-10,16,28H,1-2H3,(H,24,27). The van der Waals surface area contributed by atoms with Gasteiger partial charge in [-0.25, -0.2) is 14.2 Å². The Hall–Kier alpha value is -1.91. The Morgan fingerprint density at radius 3 is 2.73 bits per heavy atom. The van der Waals surface area contributed by atoms with Gasteiger partial charge in [-0.05, 0) is 44.2 Å². The number of nitrogens with zero attached hydrogens (tertiary/aromatic N) is 3. The molecule has 1 atom stereocenters. The topological polar surface area (TPSA) is 68.2 Å². The number of anilines is 1. The lowest BCUT2D eigenvalue weighted by atomic mass is 10.1. The number of rotatable bonds is 4. The van der Waals surface area contributed by atoms with Gasteiger partial charge in [0.1, 0.15) is 5.82 Å². The zero-order valence-corrected chi connectivity index (χ0v) is 19.0. The zero-order chi connectivity index (χ0) is 22.1. The first-order chi connectivity index (χ1) is 14.1. The van der Waals surface area contributed by atoms with E-state index in [0.717, 1.165) is 0 Å². The maximum absolute atomic E-state index is 14.1. The van der Waals surface area contributed by atoms with Gasteiger partial charge in [0.15, 0.2) is 10.5 Å². The Kier molecular flexibility index (Phi) is 6.88. The Bertz CT molecular complexity index is 1000. The molecule has 6 nitrogen and oxygen atoms in total. The van der Waals surface area contributed by atoms with Crippen LogP contribution in [-0.2, 0) is 0 Å². The molecule has 1 unspecified atom stereocenters. The summed E-state index contributed by atoms with van der Waals surface area (Å²) >= 11 is 18.6. The fraction of sp³-hybridized carbons (Fsp3) is 0.211. The molecular formula is C19H17Cl2FN4O2S2. The fourth-order valence-corrected chi connectivity index (χ4v) is 5.03. The third kappa shape index (κ3) is 4.87. The molecule has 1 heterocycles. The Morgan fingerprint density at radius 2 is 2.07 bits per heavy atom. The van der Waals surface area contributed by atoms with E-state index in [0.29, 0.717) is 20.1 Å². The Morgan fingerprint density at radius 1 is 1.37 bits per heavy atom. The van der Waals surface area contributed by atoms with Gasteiger partial charge in [0, 0.05) is 16.3 Å². The summed E-state index contributed by atoms with van der Waals surface area (Å²) in [5.41, 5.74) is 0.481. The van der Waals surface area contributed by atoms with Crippen LogP contribution in [0.4, 0.5) is 14.9 Å². The number of thiocarbonyl (C=S) groups is 1. The lowest BCUT2D eigenvalue weighted by molar-refractivity contribution is -0.114. The quantitative estimate of drug-likeness (QED) is 0.246. The first-order valence-corrected chi connectivity index (χ1v) is 10.6. The van der Waals surface area contributed by atoms with E-state index in [-0.39, 0.29) is 10.6 Å². The van der Waals surface area contributed by atoms with Crippen LogP contribution in [0.5, 0.6) is 0 Å². The molecule has 0 spiro atoms. The van der Waals surface area contributed by atoms with Gasteiger partial charge < -0.3 is 5.32 Å². The lowest BCUT2D eigenvalue weighted by Crippen LogP contribution is -2.54. The highest BCUT2D eigenvalue weighted by atomic mass is 35.5. The Labute approximate surface area is 192 Å². The van der Waals surface area contributed by atoms with E-state index in [1.165, 1.54) is 41.2 Å². The van der Waals surface area contributed by atoms with E-state index in [4.69, 9.17) is 35.4 Å². The SMILES string of the molecule is CC1(C)SC(=S)N(N=Cc2c(F)cccc2Cl)C1N(O)C(=O)Nc1cccc(Cl)c1. The van der Waals surface area contributed by atoms with Gasteiger partial charge in [0.05, 0.1) is 16.0 Å². The molecule has 3 rings (SSSR count). The number of carbonyl (C=O) groups excluding carboxylic acids is 1. The van der Waals surface area contributed by atoms with Crippen molar-refractivity contribution in [2.75, 3.05) is 5.32 Å². The molecule has 11 heteroatoms. The van der Waals surface area contributed by atoms with Gasteiger partial charge >= 0.3 is 6.03 Å². The average Bonchev–Trinajstić information content (AvgIpc) is 2.88. The van der Waals surface area contributed by atoms with E-state index in [1.807, 2.05) is 0 Å². The maximum Gasteiger partial charge on any atom is 0.347 e. The molecule has 1 aliphatic heterocycles. The molecule has 1 aliphatic rings. The van der Waals surface area contributed by atoms with Crippen LogP contribution in [0.3, 0.4) is 0 Å². The molecule has 2 aromatic rings. The molecule has 0 radical (unpaired) electrons. The lowest BCUT2D eigenvalue weighted by Gasteiger charge is -2.34. The molecule has 0 aromatic heterocycles. The van der Waals surface area contributed by atoms with E-state index in [1.54, 1.807) is 38.1 Å². The zero-order valence-electron chi connectivity index (χ0n) is 15.8. The highest BCUT2D eigenvalue weighted by Crippen LogP contribution is 2.42. The van der Waals surface area contributed by atoms with E-state index in [2.05, 4.69) is 10.4 Å². The number of hydroxylamine groups is 2. The predicted molar refractivity (Wildman–Crippen MR) is 123 cm³/mol. The summed E-state index contributed by atoms with van der Waals surface area (Å²) in [6, 6.07) is 9.96. The minimum atomic E-state index is -0.962. The molecule has 1 fully saturated rings. The summed E-state index contributed by atoms with van der Waals surface area (Å²) in [7, 11) is 0. The molecule has 2 amide bonds. The third-order valence-corrected chi connectivity index (χ3v) is 6.32. The molecule has 2 N–H and O–H groups in total. The van der Waals surface area contributed by atoms with E-state index in [9.17, 15) is 14.4 Å². The van der Waals surface area contributed by atoms with Crippen molar-refractivity contribution < 1.29 is 14.4 Å². The monoisotopic (exact) mass is 486 g/mol. The first-order valence-electron chi connectivity index (χ1n) is 8.65. The number of hydrogen-bond donors (Lipinski definition) is 2.